The van der Waals surface area contributed by atoms with Crippen molar-refractivity contribution in [1.82, 2.24) is 19.6 Å². The van der Waals surface area contributed by atoms with Crippen LogP contribution in [-0.4, -0.2) is 19.6 Å². The van der Waals surface area contributed by atoms with Crippen molar-refractivity contribution in [2.24, 2.45) is 7.05 Å². The molecule has 0 unspecified atom stereocenters. The molecule has 0 saturated heterocycles. The zero-order valence-corrected chi connectivity index (χ0v) is 7.60. The van der Waals surface area contributed by atoms with Gasteiger partial charge < -0.3 is 5.73 Å². The molecule has 0 aromatic carbocycles. The standard InChI is InChI=1S/C8H11N5/c1-6-3-8(9)13(11-6)7-4-10-12(2)5-7/h3-5H,9H2,1-2H3. The van der Waals surface area contributed by atoms with E-state index >= 15 is 0 Å². The molecule has 0 radical (unpaired) electrons. The summed E-state index contributed by atoms with van der Waals surface area (Å²) in [5.74, 6) is 0.630. The summed E-state index contributed by atoms with van der Waals surface area (Å²) in [6.45, 7) is 1.91. The van der Waals surface area contributed by atoms with Gasteiger partial charge in [-0.15, -0.1) is 0 Å². The molecular weight excluding hydrogens is 166 g/mol. The smallest absolute Gasteiger partial charge is 0.127 e. The SMILES string of the molecule is Cc1cc(N)n(-c2cnn(C)c2)n1. The van der Waals surface area contributed by atoms with E-state index in [-0.39, 0.29) is 0 Å². The van der Waals surface area contributed by atoms with Crippen molar-refractivity contribution in [3.8, 4) is 5.69 Å². The van der Waals surface area contributed by atoms with E-state index in [4.69, 9.17) is 5.73 Å². The van der Waals surface area contributed by atoms with Crippen LogP contribution >= 0.6 is 0 Å². The molecule has 2 N–H and O–H groups in total. The van der Waals surface area contributed by atoms with Crippen molar-refractivity contribution in [1.29, 1.82) is 0 Å². The molecule has 2 aromatic heterocycles. The van der Waals surface area contributed by atoms with Crippen LogP contribution in [0, 0.1) is 6.92 Å². The Kier molecular flexibility index (Phi) is 1.58. The summed E-state index contributed by atoms with van der Waals surface area (Å²) in [4.78, 5) is 0. The van der Waals surface area contributed by atoms with Crippen LogP contribution in [0.4, 0.5) is 5.82 Å². The predicted molar refractivity (Wildman–Crippen MR) is 49.5 cm³/mol. The molecule has 0 amide bonds. The van der Waals surface area contributed by atoms with Gasteiger partial charge in [-0.1, -0.05) is 0 Å². The molecule has 0 atom stereocenters. The Morgan fingerprint density at radius 1 is 1.46 bits per heavy atom. The van der Waals surface area contributed by atoms with Crippen molar-refractivity contribution in [2.75, 3.05) is 5.73 Å². The Hall–Kier alpha value is -1.78. The minimum atomic E-state index is 0.630. The lowest BCUT2D eigenvalue weighted by molar-refractivity contribution is 0.766. The normalized spacial score (nSPS) is 10.6. The zero-order chi connectivity index (χ0) is 9.42. The number of aromatic nitrogens is 4. The second-order valence-corrected chi connectivity index (χ2v) is 2.99. The Morgan fingerprint density at radius 2 is 2.23 bits per heavy atom. The largest absolute Gasteiger partial charge is 0.384 e. The summed E-state index contributed by atoms with van der Waals surface area (Å²) in [7, 11) is 1.86. The molecule has 0 aliphatic carbocycles. The maximum absolute atomic E-state index is 5.75. The van der Waals surface area contributed by atoms with Gasteiger partial charge in [0.25, 0.3) is 0 Å². The number of hydrogen-bond acceptors (Lipinski definition) is 3. The van der Waals surface area contributed by atoms with E-state index in [1.165, 1.54) is 0 Å². The molecule has 0 aliphatic rings. The van der Waals surface area contributed by atoms with Crippen LogP contribution in [0.1, 0.15) is 5.69 Å². The Morgan fingerprint density at radius 3 is 2.69 bits per heavy atom. The molecule has 5 nitrogen and oxygen atoms in total. The predicted octanol–water partition coefficient (Wildman–Crippen LogP) is 0.496. The molecule has 0 saturated carbocycles. The van der Waals surface area contributed by atoms with Crippen molar-refractivity contribution in [3.63, 3.8) is 0 Å². The Labute approximate surface area is 75.8 Å². The van der Waals surface area contributed by atoms with Gasteiger partial charge in [0.1, 0.15) is 11.5 Å². The van der Waals surface area contributed by atoms with Crippen LogP contribution in [0.2, 0.25) is 0 Å². The summed E-state index contributed by atoms with van der Waals surface area (Å²) in [6.07, 6.45) is 3.59. The lowest BCUT2D eigenvalue weighted by Crippen LogP contribution is -2.00. The van der Waals surface area contributed by atoms with E-state index in [1.54, 1.807) is 15.6 Å². The van der Waals surface area contributed by atoms with Gasteiger partial charge in [0.05, 0.1) is 18.1 Å². The first kappa shape index (κ1) is 7.85. The van der Waals surface area contributed by atoms with E-state index in [9.17, 15) is 0 Å². The average Bonchev–Trinajstić information content (AvgIpc) is 2.58. The Balaban J connectivity index is 2.51. The Bertz CT molecular complexity index is 425. The summed E-state index contributed by atoms with van der Waals surface area (Å²) < 4.78 is 3.38. The van der Waals surface area contributed by atoms with Gasteiger partial charge in [-0.05, 0) is 6.92 Å². The maximum atomic E-state index is 5.75. The van der Waals surface area contributed by atoms with E-state index in [0.717, 1.165) is 11.4 Å². The number of nitrogens with zero attached hydrogens (tertiary/aromatic N) is 4. The fourth-order valence-electron chi connectivity index (χ4n) is 1.24. The van der Waals surface area contributed by atoms with Gasteiger partial charge in [-0.3, -0.25) is 4.68 Å². The fourth-order valence-corrected chi connectivity index (χ4v) is 1.24. The van der Waals surface area contributed by atoms with Crippen LogP contribution < -0.4 is 5.73 Å². The highest BCUT2D eigenvalue weighted by atomic mass is 15.3. The van der Waals surface area contributed by atoms with Gasteiger partial charge in [0.15, 0.2) is 0 Å². The minimum Gasteiger partial charge on any atom is -0.384 e. The molecule has 2 rings (SSSR count). The van der Waals surface area contributed by atoms with Crippen LogP contribution in [0.15, 0.2) is 18.5 Å². The fraction of sp³-hybridized carbons (Fsp3) is 0.250. The maximum Gasteiger partial charge on any atom is 0.127 e. The molecule has 0 aliphatic heterocycles. The van der Waals surface area contributed by atoms with Gasteiger partial charge in [0.2, 0.25) is 0 Å². The number of aryl methyl sites for hydroxylation is 2. The van der Waals surface area contributed by atoms with E-state index in [1.807, 2.05) is 26.2 Å². The quantitative estimate of drug-likeness (QED) is 0.689. The zero-order valence-electron chi connectivity index (χ0n) is 7.60. The van der Waals surface area contributed by atoms with E-state index in [0.29, 0.717) is 5.82 Å². The molecule has 68 valence electrons. The molecule has 13 heavy (non-hydrogen) atoms. The third kappa shape index (κ3) is 1.28. The van der Waals surface area contributed by atoms with E-state index < -0.39 is 0 Å². The van der Waals surface area contributed by atoms with Crippen molar-refractivity contribution >= 4 is 5.82 Å². The second kappa shape index (κ2) is 2.62. The van der Waals surface area contributed by atoms with Crippen LogP contribution in [0.25, 0.3) is 5.69 Å². The van der Waals surface area contributed by atoms with Gasteiger partial charge in [-0.2, -0.15) is 10.2 Å². The summed E-state index contributed by atoms with van der Waals surface area (Å²) >= 11 is 0. The first-order valence-corrected chi connectivity index (χ1v) is 3.98. The van der Waals surface area contributed by atoms with Crippen LogP contribution in [0.3, 0.4) is 0 Å². The number of nitrogens with two attached hydrogens (primary N) is 1. The first-order valence-electron chi connectivity index (χ1n) is 3.98. The molecule has 2 aromatic rings. The van der Waals surface area contributed by atoms with Gasteiger partial charge in [0, 0.05) is 13.1 Å². The minimum absolute atomic E-state index is 0.630. The van der Waals surface area contributed by atoms with Crippen molar-refractivity contribution in [3.05, 3.63) is 24.2 Å². The van der Waals surface area contributed by atoms with Crippen LogP contribution in [0.5, 0.6) is 0 Å². The third-order valence-electron chi connectivity index (χ3n) is 1.79. The summed E-state index contributed by atoms with van der Waals surface area (Å²) in [6, 6.07) is 1.83. The second-order valence-electron chi connectivity index (χ2n) is 2.99. The molecule has 5 heteroatoms. The number of hydrogen-bond donors (Lipinski definition) is 1. The van der Waals surface area contributed by atoms with E-state index in [2.05, 4.69) is 10.2 Å². The number of anilines is 1. The van der Waals surface area contributed by atoms with Crippen LogP contribution in [-0.2, 0) is 7.05 Å². The molecule has 0 fully saturated rings. The third-order valence-corrected chi connectivity index (χ3v) is 1.79. The number of nitrogen functional groups attached to an aromatic ring is 1. The number of rotatable bonds is 1. The molecule has 0 spiro atoms. The highest BCUT2D eigenvalue weighted by molar-refractivity contribution is 5.40. The van der Waals surface area contributed by atoms with Crippen molar-refractivity contribution in [2.45, 2.75) is 6.92 Å². The van der Waals surface area contributed by atoms with Gasteiger partial charge >= 0.3 is 0 Å². The first-order chi connectivity index (χ1) is 6.16. The summed E-state index contributed by atoms with van der Waals surface area (Å²) in [5.41, 5.74) is 7.53. The molecular formula is C8H11N5. The van der Waals surface area contributed by atoms with Gasteiger partial charge in [-0.25, -0.2) is 4.68 Å². The average molecular weight is 177 g/mol. The molecule has 0 bridgehead atoms. The van der Waals surface area contributed by atoms with Crippen molar-refractivity contribution < 1.29 is 0 Å². The molecule has 2 heterocycles. The highest BCUT2D eigenvalue weighted by Crippen LogP contribution is 2.12. The lowest BCUT2D eigenvalue weighted by Gasteiger charge is -1.97. The monoisotopic (exact) mass is 177 g/mol. The topological polar surface area (TPSA) is 61.7 Å². The summed E-state index contributed by atoms with van der Waals surface area (Å²) in [5, 5.41) is 8.28. The lowest BCUT2D eigenvalue weighted by atomic mass is 10.5. The highest BCUT2D eigenvalue weighted by Gasteiger charge is 2.04.